The minimum atomic E-state index is -0.106. The fourth-order valence-corrected chi connectivity index (χ4v) is 1.07. The summed E-state index contributed by atoms with van der Waals surface area (Å²) in [6.45, 7) is 6.14. The van der Waals surface area contributed by atoms with Crippen molar-refractivity contribution in [2.45, 2.75) is 45.6 Å². The first-order valence-electron chi connectivity index (χ1n) is 4.74. The molecule has 0 spiro atoms. The zero-order valence-electron chi connectivity index (χ0n) is 8.45. The normalized spacial score (nSPS) is 13.6. The lowest BCUT2D eigenvalue weighted by atomic mass is 10.2. The van der Waals surface area contributed by atoms with E-state index in [1.807, 2.05) is 13.8 Å². The maximum atomic E-state index is 5.82. The van der Waals surface area contributed by atoms with E-state index in [4.69, 9.17) is 10.3 Å². The van der Waals surface area contributed by atoms with Gasteiger partial charge in [0.05, 0.1) is 6.04 Å². The lowest BCUT2D eigenvalue weighted by molar-refractivity contribution is 0.343. The number of nitrogens with two attached hydrogens (primary N) is 1. The van der Waals surface area contributed by atoms with Crippen molar-refractivity contribution in [1.82, 2.24) is 10.1 Å². The lowest BCUT2D eigenvalue weighted by Gasteiger charge is -2.02. The summed E-state index contributed by atoms with van der Waals surface area (Å²) in [6.07, 6.45) is 1.92. The van der Waals surface area contributed by atoms with Crippen molar-refractivity contribution in [2.24, 2.45) is 5.73 Å². The van der Waals surface area contributed by atoms with Crippen LogP contribution in [0, 0.1) is 0 Å². The Labute approximate surface area is 78.5 Å². The monoisotopic (exact) mass is 183 g/mol. The van der Waals surface area contributed by atoms with E-state index in [0.29, 0.717) is 11.8 Å². The first-order chi connectivity index (χ1) is 6.15. The predicted molar refractivity (Wildman–Crippen MR) is 50.2 cm³/mol. The van der Waals surface area contributed by atoms with E-state index in [2.05, 4.69) is 17.1 Å². The maximum Gasteiger partial charge on any atom is 0.243 e. The molecule has 4 heteroatoms. The molecule has 0 fully saturated rings. The van der Waals surface area contributed by atoms with Gasteiger partial charge in [0.2, 0.25) is 5.89 Å². The van der Waals surface area contributed by atoms with Gasteiger partial charge >= 0.3 is 0 Å². The van der Waals surface area contributed by atoms with E-state index in [-0.39, 0.29) is 6.04 Å². The van der Waals surface area contributed by atoms with Gasteiger partial charge in [0.15, 0.2) is 5.82 Å². The Morgan fingerprint density at radius 1 is 1.46 bits per heavy atom. The molecule has 1 aromatic heterocycles. The maximum absolute atomic E-state index is 5.82. The molecular weight excluding hydrogens is 166 g/mol. The molecular formula is C9H17N3O. The predicted octanol–water partition coefficient (Wildman–Crippen LogP) is 1.99. The fourth-order valence-electron chi connectivity index (χ4n) is 1.07. The van der Waals surface area contributed by atoms with Crippen LogP contribution in [0.2, 0.25) is 0 Å². The van der Waals surface area contributed by atoms with Crippen LogP contribution in [0.1, 0.15) is 57.3 Å². The Morgan fingerprint density at radius 3 is 2.62 bits per heavy atom. The number of hydrogen-bond acceptors (Lipinski definition) is 4. The van der Waals surface area contributed by atoms with Gasteiger partial charge in [-0.1, -0.05) is 32.3 Å². The van der Waals surface area contributed by atoms with Gasteiger partial charge in [-0.15, -0.1) is 0 Å². The van der Waals surface area contributed by atoms with Crippen molar-refractivity contribution in [3.05, 3.63) is 11.7 Å². The van der Waals surface area contributed by atoms with Crippen LogP contribution in [-0.4, -0.2) is 10.1 Å². The highest BCUT2D eigenvalue weighted by atomic mass is 16.5. The van der Waals surface area contributed by atoms with Crippen LogP contribution in [0.5, 0.6) is 0 Å². The summed E-state index contributed by atoms with van der Waals surface area (Å²) in [6, 6.07) is -0.106. The SMILES string of the molecule is CCC[C@H](N)c1nc(C(C)C)no1. The van der Waals surface area contributed by atoms with Crippen LogP contribution in [0.15, 0.2) is 4.52 Å². The van der Waals surface area contributed by atoms with Crippen LogP contribution in [0.4, 0.5) is 0 Å². The van der Waals surface area contributed by atoms with E-state index < -0.39 is 0 Å². The van der Waals surface area contributed by atoms with Gasteiger partial charge in [-0.05, 0) is 6.42 Å². The smallest absolute Gasteiger partial charge is 0.243 e. The minimum absolute atomic E-state index is 0.106. The van der Waals surface area contributed by atoms with Crippen molar-refractivity contribution < 1.29 is 4.52 Å². The third-order valence-corrected chi connectivity index (χ3v) is 1.89. The highest BCUT2D eigenvalue weighted by Gasteiger charge is 2.14. The molecule has 4 nitrogen and oxygen atoms in total. The van der Waals surface area contributed by atoms with Gasteiger partial charge in [-0.25, -0.2) is 0 Å². The van der Waals surface area contributed by atoms with Crippen LogP contribution >= 0.6 is 0 Å². The van der Waals surface area contributed by atoms with Gasteiger partial charge in [0.25, 0.3) is 0 Å². The Hall–Kier alpha value is -0.900. The average Bonchev–Trinajstić information content (AvgIpc) is 2.52. The molecule has 0 unspecified atom stereocenters. The van der Waals surface area contributed by atoms with Crippen LogP contribution in [0.3, 0.4) is 0 Å². The third-order valence-electron chi connectivity index (χ3n) is 1.89. The van der Waals surface area contributed by atoms with E-state index in [1.54, 1.807) is 0 Å². The average molecular weight is 183 g/mol. The molecule has 0 aromatic carbocycles. The highest BCUT2D eigenvalue weighted by Crippen LogP contribution is 2.16. The van der Waals surface area contributed by atoms with Gasteiger partial charge < -0.3 is 10.3 Å². The highest BCUT2D eigenvalue weighted by molar-refractivity contribution is 4.95. The Morgan fingerprint density at radius 2 is 2.15 bits per heavy atom. The van der Waals surface area contributed by atoms with E-state index in [0.717, 1.165) is 18.7 Å². The molecule has 13 heavy (non-hydrogen) atoms. The topological polar surface area (TPSA) is 64.9 Å². The lowest BCUT2D eigenvalue weighted by Crippen LogP contribution is -2.10. The third kappa shape index (κ3) is 2.52. The molecule has 1 atom stereocenters. The fraction of sp³-hybridized carbons (Fsp3) is 0.778. The van der Waals surface area contributed by atoms with Gasteiger partial charge in [0.1, 0.15) is 0 Å². The summed E-state index contributed by atoms with van der Waals surface area (Å²) in [5.74, 6) is 1.60. The quantitative estimate of drug-likeness (QED) is 0.775. The minimum Gasteiger partial charge on any atom is -0.338 e. The van der Waals surface area contributed by atoms with Gasteiger partial charge in [-0.3, -0.25) is 0 Å². The summed E-state index contributed by atoms with van der Waals surface area (Å²) in [5.41, 5.74) is 5.82. The summed E-state index contributed by atoms with van der Waals surface area (Å²) in [7, 11) is 0. The number of hydrogen-bond donors (Lipinski definition) is 1. The van der Waals surface area contributed by atoms with Crippen molar-refractivity contribution in [3.63, 3.8) is 0 Å². The second-order valence-corrected chi connectivity index (χ2v) is 3.54. The molecule has 0 saturated carbocycles. The Kier molecular flexibility index (Phi) is 3.42. The molecule has 1 aromatic rings. The molecule has 74 valence electrons. The zero-order chi connectivity index (χ0) is 9.84. The molecule has 1 rings (SSSR count). The second-order valence-electron chi connectivity index (χ2n) is 3.54. The summed E-state index contributed by atoms with van der Waals surface area (Å²) in [4.78, 5) is 4.23. The van der Waals surface area contributed by atoms with Crippen LogP contribution in [0.25, 0.3) is 0 Å². The van der Waals surface area contributed by atoms with Crippen LogP contribution < -0.4 is 5.73 Å². The second kappa shape index (κ2) is 4.37. The van der Waals surface area contributed by atoms with E-state index in [1.165, 1.54) is 0 Å². The molecule has 0 radical (unpaired) electrons. The molecule has 2 N–H and O–H groups in total. The molecule has 0 aliphatic heterocycles. The van der Waals surface area contributed by atoms with Crippen molar-refractivity contribution >= 4 is 0 Å². The molecule has 1 heterocycles. The van der Waals surface area contributed by atoms with Gasteiger partial charge in [-0.2, -0.15) is 4.98 Å². The largest absolute Gasteiger partial charge is 0.338 e. The summed E-state index contributed by atoms with van der Waals surface area (Å²) < 4.78 is 5.05. The molecule has 0 amide bonds. The molecule has 0 aliphatic carbocycles. The van der Waals surface area contributed by atoms with Crippen molar-refractivity contribution in [3.8, 4) is 0 Å². The van der Waals surface area contributed by atoms with E-state index in [9.17, 15) is 0 Å². The summed E-state index contributed by atoms with van der Waals surface area (Å²) in [5, 5.41) is 3.85. The van der Waals surface area contributed by atoms with E-state index >= 15 is 0 Å². The standard InChI is InChI=1S/C9H17N3O/c1-4-5-7(10)9-11-8(6(2)3)12-13-9/h6-7H,4-5,10H2,1-3H3/t7-/m0/s1. The first-order valence-corrected chi connectivity index (χ1v) is 4.74. The van der Waals surface area contributed by atoms with Crippen molar-refractivity contribution in [2.75, 3.05) is 0 Å². The Bertz CT molecular complexity index is 257. The van der Waals surface area contributed by atoms with Crippen molar-refractivity contribution in [1.29, 1.82) is 0 Å². The van der Waals surface area contributed by atoms with Gasteiger partial charge in [0, 0.05) is 5.92 Å². The zero-order valence-corrected chi connectivity index (χ0v) is 8.45. The first kappa shape index (κ1) is 10.2. The number of nitrogens with zero attached hydrogens (tertiary/aromatic N) is 2. The van der Waals surface area contributed by atoms with Crippen LogP contribution in [-0.2, 0) is 0 Å². The number of aromatic nitrogens is 2. The molecule has 0 aliphatic rings. The number of rotatable bonds is 4. The molecule has 0 bridgehead atoms. The molecule has 0 saturated heterocycles. The Balaban J connectivity index is 2.67. The summed E-state index contributed by atoms with van der Waals surface area (Å²) >= 11 is 0.